The molecule has 0 aliphatic carbocycles. The van der Waals surface area contributed by atoms with Crippen LogP contribution in [0.3, 0.4) is 0 Å². The van der Waals surface area contributed by atoms with Crippen LogP contribution in [0.5, 0.6) is 0 Å². The van der Waals surface area contributed by atoms with Crippen molar-refractivity contribution >= 4 is 10.9 Å². The lowest BCUT2D eigenvalue weighted by Gasteiger charge is -2.04. The van der Waals surface area contributed by atoms with Gasteiger partial charge < -0.3 is 9.88 Å². The number of rotatable bonds is 6. The van der Waals surface area contributed by atoms with Gasteiger partial charge in [-0.25, -0.2) is 4.39 Å². The maximum atomic E-state index is 13.1. The maximum Gasteiger partial charge on any atom is 0.123 e. The van der Waals surface area contributed by atoms with Crippen molar-refractivity contribution < 1.29 is 4.39 Å². The molecule has 2 aromatic carbocycles. The molecule has 3 rings (SSSR count). The summed E-state index contributed by atoms with van der Waals surface area (Å²) < 4.78 is 15.3. The fourth-order valence-electron chi connectivity index (χ4n) is 2.88. The number of hydrogen-bond acceptors (Lipinski definition) is 1. The van der Waals surface area contributed by atoms with E-state index in [0.29, 0.717) is 0 Å². The minimum atomic E-state index is -0.201. The van der Waals surface area contributed by atoms with Gasteiger partial charge >= 0.3 is 0 Å². The van der Waals surface area contributed by atoms with Gasteiger partial charge in [0.25, 0.3) is 0 Å². The summed E-state index contributed by atoms with van der Waals surface area (Å²) in [6, 6.07) is 15.1. The predicted molar refractivity (Wildman–Crippen MR) is 90.1 cm³/mol. The number of benzene rings is 2. The molecule has 0 fully saturated rings. The minimum absolute atomic E-state index is 0.201. The van der Waals surface area contributed by atoms with E-state index in [4.69, 9.17) is 0 Å². The smallest absolute Gasteiger partial charge is 0.123 e. The molecule has 114 valence electrons. The van der Waals surface area contributed by atoms with Crippen molar-refractivity contribution in [3.05, 3.63) is 66.1 Å². The average molecular weight is 296 g/mol. The van der Waals surface area contributed by atoms with Crippen molar-refractivity contribution in [2.75, 3.05) is 13.6 Å². The molecule has 3 heteroatoms. The first kappa shape index (κ1) is 14.8. The van der Waals surface area contributed by atoms with Gasteiger partial charge in [-0.2, -0.15) is 0 Å². The summed E-state index contributed by atoms with van der Waals surface area (Å²) >= 11 is 0. The lowest BCUT2D eigenvalue weighted by molar-refractivity contribution is 0.627. The van der Waals surface area contributed by atoms with E-state index in [-0.39, 0.29) is 5.82 Å². The zero-order chi connectivity index (χ0) is 15.4. The van der Waals surface area contributed by atoms with Crippen molar-refractivity contribution in [3.63, 3.8) is 0 Å². The van der Waals surface area contributed by atoms with E-state index in [0.717, 1.165) is 25.1 Å². The van der Waals surface area contributed by atoms with Gasteiger partial charge in [0.05, 0.1) is 5.52 Å². The van der Waals surface area contributed by atoms with Gasteiger partial charge in [-0.3, -0.25) is 0 Å². The first-order chi connectivity index (χ1) is 10.8. The second kappa shape index (κ2) is 6.75. The summed E-state index contributed by atoms with van der Waals surface area (Å²) in [5.74, 6) is -0.201. The Morgan fingerprint density at radius 2 is 1.77 bits per heavy atom. The van der Waals surface area contributed by atoms with Crippen LogP contribution in [-0.2, 0) is 6.42 Å². The normalized spacial score (nSPS) is 11.2. The van der Waals surface area contributed by atoms with Crippen molar-refractivity contribution in [2.45, 2.75) is 19.3 Å². The molecule has 0 aliphatic heterocycles. The summed E-state index contributed by atoms with van der Waals surface area (Å²) in [7, 11) is 1.99. The third-order valence-electron chi connectivity index (χ3n) is 4.02. The van der Waals surface area contributed by atoms with Crippen LogP contribution in [0.15, 0.2) is 54.7 Å². The SMILES string of the molecule is CNCCCCc1cn(-c2ccc(F)cc2)c2ccccc12. The molecular weight excluding hydrogens is 275 g/mol. The van der Waals surface area contributed by atoms with E-state index in [2.05, 4.69) is 34.3 Å². The first-order valence-corrected chi connectivity index (χ1v) is 7.79. The fraction of sp³-hybridized carbons (Fsp3) is 0.263. The van der Waals surface area contributed by atoms with E-state index in [1.54, 1.807) is 0 Å². The Morgan fingerprint density at radius 3 is 2.55 bits per heavy atom. The summed E-state index contributed by atoms with van der Waals surface area (Å²) in [6.07, 6.45) is 5.60. The number of aryl methyl sites for hydroxylation is 1. The molecule has 1 aromatic heterocycles. The van der Waals surface area contributed by atoms with Crippen molar-refractivity contribution in [1.29, 1.82) is 0 Å². The highest BCUT2D eigenvalue weighted by Crippen LogP contribution is 2.26. The Bertz CT molecular complexity index is 744. The number of nitrogens with one attached hydrogen (secondary N) is 1. The molecule has 0 spiro atoms. The van der Waals surface area contributed by atoms with Crippen LogP contribution in [0.1, 0.15) is 18.4 Å². The summed E-state index contributed by atoms with van der Waals surface area (Å²) in [5, 5.41) is 4.47. The average Bonchev–Trinajstić information content (AvgIpc) is 2.91. The van der Waals surface area contributed by atoms with E-state index in [1.807, 2.05) is 25.2 Å². The summed E-state index contributed by atoms with van der Waals surface area (Å²) in [5.41, 5.74) is 3.54. The largest absolute Gasteiger partial charge is 0.320 e. The molecular formula is C19H21FN2. The monoisotopic (exact) mass is 296 g/mol. The summed E-state index contributed by atoms with van der Waals surface area (Å²) in [6.45, 7) is 1.05. The Balaban J connectivity index is 1.95. The van der Waals surface area contributed by atoms with Crippen LogP contribution in [0, 0.1) is 5.82 Å². The highest BCUT2D eigenvalue weighted by Gasteiger charge is 2.09. The molecule has 0 unspecified atom stereocenters. The number of hydrogen-bond donors (Lipinski definition) is 1. The highest BCUT2D eigenvalue weighted by atomic mass is 19.1. The molecule has 1 heterocycles. The van der Waals surface area contributed by atoms with Gasteiger partial charge in [-0.05, 0) is 68.8 Å². The molecule has 0 amide bonds. The Kier molecular flexibility index (Phi) is 4.54. The molecule has 0 atom stereocenters. The Hall–Kier alpha value is -2.13. The van der Waals surface area contributed by atoms with Crippen molar-refractivity contribution in [2.24, 2.45) is 0 Å². The van der Waals surface area contributed by atoms with Crippen LogP contribution in [0.2, 0.25) is 0 Å². The third-order valence-corrected chi connectivity index (χ3v) is 4.02. The quantitative estimate of drug-likeness (QED) is 0.671. The summed E-state index contributed by atoms with van der Waals surface area (Å²) in [4.78, 5) is 0. The Morgan fingerprint density at radius 1 is 1.00 bits per heavy atom. The standard InChI is InChI=1S/C19H21FN2/c1-21-13-5-4-6-15-14-22(17-11-9-16(20)10-12-17)19-8-3-2-7-18(15)19/h2-3,7-12,14,21H,4-6,13H2,1H3. The molecule has 1 N–H and O–H groups in total. The highest BCUT2D eigenvalue weighted by molar-refractivity contribution is 5.85. The topological polar surface area (TPSA) is 17.0 Å². The lowest BCUT2D eigenvalue weighted by Crippen LogP contribution is -2.07. The lowest BCUT2D eigenvalue weighted by atomic mass is 10.1. The zero-order valence-corrected chi connectivity index (χ0v) is 12.8. The van der Waals surface area contributed by atoms with E-state index in [9.17, 15) is 4.39 Å². The van der Waals surface area contributed by atoms with Gasteiger partial charge in [0, 0.05) is 17.3 Å². The van der Waals surface area contributed by atoms with Gasteiger partial charge in [-0.15, -0.1) is 0 Å². The second-order valence-corrected chi connectivity index (χ2v) is 5.58. The maximum absolute atomic E-state index is 13.1. The number of halogens is 1. The molecule has 22 heavy (non-hydrogen) atoms. The van der Waals surface area contributed by atoms with Crippen LogP contribution in [-0.4, -0.2) is 18.2 Å². The predicted octanol–water partition coefficient (Wildman–Crippen LogP) is 4.31. The van der Waals surface area contributed by atoms with Crippen LogP contribution >= 0.6 is 0 Å². The van der Waals surface area contributed by atoms with Crippen LogP contribution in [0.25, 0.3) is 16.6 Å². The zero-order valence-electron chi connectivity index (χ0n) is 12.8. The van der Waals surface area contributed by atoms with Crippen molar-refractivity contribution in [1.82, 2.24) is 9.88 Å². The van der Waals surface area contributed by atoms with Crippen molar-refractivity contribution in [3.8, 4) is 5.69 Å². The molecule has 0 saturated carbocycles. The van der Waals surface area contributed by atoms with Crippen LogP contribution < -0.4 is 5.32 Å². The van der Waals surface area contributed by atoms with E-state index in [1.165, 1.54) is 35.0 Å². The van der Waals surface area contributed by atoms with Gasteiger partial charge in [0.2, 0.25) is 0 Å². The molecule has 2 nitrogen and oxygen atoms in total. The fourth-order valence-corrected chi connectivity index (χ4v) is 2.88. The number of para-hydroxylation sites is 1. The Labute approximate surface area is 130 Å². The number of aromatic nitrogens is 1. The van der Waals surface area contributed by atoms with Gasteiger partial charge in [0.1, 0.15) is 5.82 Å². The molecule has 0 aliphatic rings. The first-order valence-electron chi connectivity index (χ1n) is 7.79. The van der Waals surface area contributed by atoms with E-state index >= 15 is 0 Å². The van der Waals surface area contributed by atoms with Gasteiger partial charge in [0.15, 0.2) is 0 Å². The third kappa shape index (κ3) is 3.04. The van der Waals surface area contributed by atoms with E-state index < -0.39 is 0 Å². The second-order valence-electron chi connectivity index (χ2n) is 5.58. The molecule has 0 bridgehead atoms. The number of unbranched alkanes of at least 4 members (excludes halogenated alkanes) is 1. The molecule has 0 saturated heterocycles. The number of nitrogens with zero attached hydrogens (tertiary/aromatic N) is 1. The molecule has 3 aromatic rings. The van der Waals surface area contributed by atoms with Crippen LogP contribution in [0.4, 0.5) is 4.39 Å². The van der Waals surface area contributed by atoms with Gasteiger partial charge in [-0.1, -0.05) is 18.2 Å². The molecule has 0 radical (unpaired) electrons. The number of fused-ring (bicyclic) bond motifs is 1. The minimum Gasteiger partial charge on any atom is -0.320 e.